The van der Waals surface area contributed by atoms with Crippen LogP contribution in [0.3, 0.4) is 0 Å². The summed E-state index contributed by atoms with van der Waals surface area (Å²) in [6.07, 6.45) is 1.77. The Morgan fingerprint density at radius 2 is 1.72 bits per heavy atom. The third-order valence-corrected chi connectivity index (χ3v) is 5.26. The Labute approximate surface area is 186 Å². The van der Waals surface area contributed by atoms with Gasteiger partial charge in [0, 0.05) is 20.7 Å². The minimum atomic E-state index is -0.325. The zero-order chi connectivity index (χ0) is 20.6. The van der Waals surface area contributed by atoms with Crippen molar-refractivity contribution in [1.82, 2.24) is 0 Å². The third kappa shape index (κ3) is 6.27. The number of rotatable bonds is 7. The highest BCUT2D eigenvalue weighted by molar-refractivity contribution is 9.11. The van der Waals surface area contributed by atoms with Gasteiger partial charge in [-0.05, 0) is 73.2 Å². The molecular formula is C23H19Br2NO3. The predicted octanol–water partition coefficient (Wildman–Crippen LogP) is 6.72. The van der Waals surface area contributed by atoms with Crippen LogP contribution in [0.5, 0.6) is 5.75 Å². The van der Waals surface area contributed by atoms with Gasteiger partial charge in [0.05, 0.1) is 17.9 Å². The average Bonchev–Trinajstić information content (AvgIpc) is 2.73. The molecule has 0 aliphatic carbocycles. The molecule has 6 heteroatoms. The summed E-state index contributed by atoms with van der Waals surface area (Å²) in [7, 11) is 0. The molecule has 0 unspecified atom stereocenters. The van der Waals surface area contributed by atoms with Gasteiger partial charge in [0.15, 0.2) is 0 Å². The van der Waals surface area contributed by atoms with Crippen LogP contribution >= 0.6 is 31.9 Å². The summed E-state index contributed by atoms with van der Waals surface area (Å²) in [5, 5.41) is 0. The number of carbonyl (C=O) groups excluding carboxylic acids is 1. The molecule has 3 rings (SSSR count). The number of nitrogens with zero attached hydrogens (tertiary/aromatic N) is 1. The van der Waals surface area contributed by atoms with E-state index in [0.29, 0.717) is 18.8 Å². The van der Waals surface area contributed by atoms with Gasteiger partial charge in [0.2, 0.25) is 0 Å². The number of carbonyl (C=O) groups is 1. The Morgan fingerprint density at radius 3 is 2.38 bits per heavy atom. The highest BCUT2D eigenvalue weighted by Gasteiger charge is 2.05. The van der Waals surface area contributed by atoms with E-state index in [4.69, 9.17) is 9.47 Å². The minimum Gasteiger partial charge on any atom is -0.489 e. The van der Waals surface area contributed by atoms with Crippen molar-refractivity contribution >= 4 is 49.7 Å². The fourth-order valence-corrected chi connectivity index (χ4v) is 3.66. The summed E-state index contributed by atoms with van der Waals surface area (Å²) in [5.74, 6) is 0.463. The van der Waals surface area contributed by atoms with E-state index in [1.165, 1.54) is 0 Å². The predicted molar refractivity (Wildman–Crippen MR) is 122 cm³/mol. The van der Waals surface area contributed by atoms with Gasteiger partial charge in [-0.25, -0.2) is 4.79 Å². The van der Waals surface area contributed by atoms with E-state index >= 15 is 0 Å². The van der Waals surface area contributed by atoms with Crippen LogP contribution in [-0.4, -0.2) is 18.8 Å². The molecular weight excluding hydrogens is 498 g/mol. The maximum atomic E-state index is 11.7. The summed E-state index contributed by atoms with van der Waals surface area (Å²) >= 11 is 6.99. The van der Waals surface area contributed by atoms with E-state index in [1.54, 1.807) is 37.4 Å². The molecule has 0 aliphatic rings. The van der Waals surface area contributed by atoms with Crippen molar-refractivity contribution in [1.29, 1.82) is 0 Å². The fraction of sp³-hybridized carbons (Fsp3) is 0.130. The molecule has 4 nitrogen and oxygen atoms in total. The smallest absolute Gasteiger partial charge is 0.338 e. The van der Waals surface area contributed by atoms with E-state index in [2.05, 4.69) is 36.9 Å². The van der Waals surface area contributed by atoms with Crippen LogP contribution in [0, 0.1) is 0 Å². The molecule has 3 aromatic rings. The number of benzene rings is 3. The van der Waals surface area contributed by atoms with Gasteiger partial charge in [-0.15, -0.1) is 0 Å². The standard InChI is InChI=1S/C23H19Br2NO3/c1-2-28-23(27)17-6-9-20(10-7-17)26-14-16-3-11-21(12-4-16)29-15-18-5-8-19(24)13-22(18)25/h3-14H,2,15H2,1H3. The second-order valence-corrected chi connectivity index (χ2v) is 7.89. The molecule has 0 saturated carbocycles. The lowest BCUT2D eigenvalue weighted by Crippen LogP contribution is -2.03. The number of esters is 1. The lowest BCUT2D eigenvalue weighted by Gasteiger charge is -2.08. The first kappa shape index (κ1) is 21.3. The second-order valence-electron chi connectivity index (χ2n) is 6.12. The molecule has 0 bridgehead atoms. The monoisotopic (exact) mass is 515 g/mol. The van der Waals surface area contributed by atoms with E-state index in [-0.39, 0.29) is 5.97 Å². The maximum absolute atomic E-state index is 11.7. The molecule has 0 fully saturated rings. The third-order valence-electron chi connectivity index (χ3n) is 4.03. The second kappa shape index (κ2) is 10.4. The normalized spacial score (nSPS) is 10.9. The van der Waals surface area contributed by atoms with Gasteiger partial charge in [0.1, 0.15) is 12.4 Å². The lowest BCUT2D eigenvalue weighted by atomic mass is 10.2. The summed E-state index contributed by atoms with van der Waals surface area (Å²) in [5.41, 5.74) is 3.31. The topological polar surface area (TPSA) is 47.9 Å². The Hall–Kier alpha value is -2.44. The van der Waals surface area contributed by atoms with Crippen LogP contribution in [0.25, 0.3) is 0 Å². The van der Waals surface area contributed by atoms with Crippen molar-refractivity contribution in [3.8, 4) is 5.75 Å². The number of hydrogen-bond donors (Lipinski definition) is 0. The number of hydrogen-bond acceptors (Lipinski definition) is 4. The van der Waals surface area contributed by atoms with Crippen LogP contribution in [0.15, 0.2) is 80.7 Å². The van der Waals surface area contributed by atoms with E-state index < -0.39 is 0 Å². The van der Waals surface area contributed by atoms with E-state index in [9.17, 15) is 4.79 Å². The Kier molecular flexibility index (Phi) is 7.61. The molecule has 148 valence electrons. The molecule has 0 saturated heterocycles. The summed E-state index contributed by atoms with van der Waals surface area (Å²) in [6, 6.07) is 20.7. The molecule has 0 aromatic heterocycles. The molecule has 0 aliphatic heterocycles. The van der Waals surface area contributed by atoms with Crippen molar-refractivity contribution in [3.05, 3.63) is 92.4 Å². The molecule has 0 atom stereocenters. The van der Waals surface area contributed by atoms with Crippen molar-refractivity contribution in [2.45, 2.75) is 13.5 Å². The van der Waals surface area contributed by atoms with Gasteiger partial charge >= 0.3 is 5.97 Å². The molecule has 0 heterocycles. The molecule has 29 heavy (non-hydrogen) atoms. The van der Waals surface area contributed by atoms with Crippen LogP contribution in [0.2, 0.25) is 0 Å². The Balaban J connectivity index is 1.57. The van der Waals surface area contributed by atoms with Gasteiger partial charge in [0.25, 0.3) is 0 Å². The molecule has 0 spiro atoms. The number of ether oxygens (including phenoxy) is 2. The summed E-state index contributed by atoms with van der Waals surface area (Å²) < 4.78 is 12.9. The Bertz CT molecular complexity index is 1000. The van der Waals surface area contributed by atoms with Gasteiger partial charge in [-0.2, -0.15) is 0 Å². The van der Waals surface area contributed by atoms with Crippen LogP contribution in [0.4, 0.5) is 5.69 Å². The van der Waals surface area contributed by atoms with Gasteiger partial charge in [-0.3, -0.25) is 4.99 Å². The molecule has 0 N–H and O–H groups in total. The van der Waals surface area contributed by atoms with Gasteiger partial charge < -0.3 is 9.47 Å². The first-order valence-corrected chi connectivity index (χ1v) is 10.6. The van der Waals surface area contributed by atoms with Crippen LogP contribution in [-0.2, 0) is 11.3 Å². The molecule has 0 radical (unpaired) electrons. The largest absolute Gasteiger partial charge is 0.489 e. The minimum absolute atomic E-state index is 0.325. The van der Waals surface area contributed by atoms with Crippen molar-refractivity contribution in [2.24, 2.45) is 4.99 Å². The van der Waals surface area contributed by atoms with Crippen LogP contribution in [0.1, 0.15) is 28.4 Å². The van der Waals surface area contributed by atoms with Gasteiger partial charge in [-0.1, -0.05) is 37.9 Å². The van der Waals surface area contributed by atoms with Crippen molar-refractivity contribution < 1.29 is 14.3 Å². The SMILES string of the molecule is CCOC(=O)c1ccc(N=Cc2ccc(OCc3ccc(Br)cc3Br)cc2)cc1. The molecule has 0 amide bonds. The first-order valence-electron chi connectivity index (χ1n) is 9.03. The zero-order valence-electron chi connectivity index (χ0n) is 15.8. The highest BCUT2D eigenvalue weighted by Crippen LogP contribution is 2.23. The van der Waals surface area contributed by atoms with Crippen molar-refractivity contribution in [2.75, 3.05) is 6.61 Å². The van der Waals surface area contributed by atoms with Crippen LogP contribution < -0.4 is 4.74 Å². The zero-order valence-corrected chi connectivity index (χ0v) is 18.9. The summed E-state index contributed by atoms with van der Waals surface area (Å²) in [6.45, 7) is 2.62. The fourth-order valence-electron chi connectivity index (χ4n) is 2.50. The first-order chi connectivity index (χ1) is 14.0. The summed E-state index contributed by atoms with van der Waals surface area (Å²) in [4.78, 5) is 16.1. The Morgan fingerprint density at radius 1 is 1.00 bits per heavy atom. The average molecular weight is 517 g/mol. The van der Waals surface area contributed by atoms with E-state index in [0.717, 1.165) is 31.5 Å². The quantitative estimate of drug-likeness (QED) is 0.259. The van der Waals surface area contributed by atoms with E-state index in [1.807, 2.05) is 42.5 Å². The molecule has 3 aromatic carbocycles. The number of aliphatic imine (C=N–C) groups is 1. The van der Waals surface area contributed by atoms with Crippen molar-refractivity contribution in [3.63, 3.8) is 0 Å². The number of halogens is 2. The highest BCUT2D eigenvalue weighted by atomic mass is 79.9. The maximum Gasteiger partial charge on any atom is 0.338 e. The lowest BCUT2D eigenvalue weighted by molar-refractivity contribution is 0.0526.